The van der Waals surface area contributed by atoms with Crippen LogP contribution in [0.5, 0.6) is 0 Å². The maximum atomic E-state index is 12.2. The molecule has 10 heteroatoms. The van der Waals surface area contributed by atoms with E-state index in [1.165, 1.54) is 34.1 Å². The second-order valence-corrected chi connectivity index (χ2v) is 7.27. The van der Waals surface area contributed by atoms with Crippen LogP contribution in [0.25, 0.3) is 4.96 Å². The SMILES string of the molecule is O=C(Nc1ccc(C(=O)OCc2cc(=O)n3ccsc3n2)s1)c1ccco1. The van der Waals surface area contributed by atoms with E-state index in [1.54, 1.807) is 29.8 Å². The smallest absolute Gasteiger partial charge is 0.348 e. The van der Waals surface area contributed by atoms with Crippen molar-refractivity contribution in [1.82, 2.24) is 9.38 Å². The van der Waals surface area contributed by atoms with Crippen molar-refractivity contribution in [2.45, 2.75) is 6.61 Å². The predicted octanol–water partition coefficient (Wildman–Crippen LogP) is 3.02. The molecule has 1 N–H and O–H groups in total. The number of aromatic nitrogens is 2. The first-order chi connectivity index (χ1) is 13.1. The van der Waals surface area contributed by atoms with Gasteiger partial charge in [-0.2, -0.15) is 0 Å². The number of rotatable bonds is 5. The number of esters is 1. The fourth-order valence-electron chi connectivity index (χ4n) is 2.27. The number of hydrogen-bond acceptors (Lipinski definition) is 8. The topological polar surface area (TPSA) is 103 Å². The molecule has 4 rings (SSSR count). The van der Waals surface area contributed by atoms with Gasteiger partial charge >= 0.3 is 5.97 Å². The second kappa shape index (κ2) is 7.17. The summed E-state index contributed by atoms with van der Waals surface area (Å²) in [5, 5.41) is 4.88. The van der Waals surface area contributed by atoms with Crippen LogP contribution in [-0.2, 0) is 11.3 Å². The molecule has 0 aromatic carbocycles. The van der Waals surface area contributed by atoms with Crippen molar-refractivity contribution < 1.29 is 18.7 Å². The van der Waals surface area contributed by atoms with E-state index in [2.05, 4.69) is 10.3 Å². The van der Waals surface area contributed by atoms with Crippen molar-refractivity contribution in [3.8, 4) is 0 Å². The molecule has 0 aliphatic carbocycles. The molecule has 0 unspecified atom stereocenters. The zero-order valence-corrected chi connectivity index (χ0v) is 15.2. The van der Waals surface area contributed by atoms with E-state index in [1.807, 2.05) is 0 Å². The number of hydrogen-bond donors (Lipinski definition) is 1. The number of thiazole rings is 1. The summed E-state index contributed by atoms with van der Waals surface area (Å²) in [5.74, 6) is -0.795. The Kier molecular flexibility index (Phi) is 4.57. The zero-order valence-electron chi connectivity index (χ0n) is 13.6. The summed E-state index contributed by atoms with van der Waals surface area (Å²) in [6.07, 6.45) is 3.04. The third-order valence-electron chi connectivity index (χ3n) is 3.50. The van der Waals surface area contributed by atoms with Crippen LogP contribution in [0.2, 0.25) is 0 Å². The van der Waals surface area contributed by atoms with Gasteiger partial charge in [-0.3, -0.25) is 14.0 Å². The molecular weight excluding hydrogens is 390 g/mol. The van der Waals surface area contributed by atoms with Crippen LogP contribution in [0.3, 0.4) is 0 Å². The van der Waals surface area contributed by atoms with Crippen LogP contribution in [-0.4, -0.2) is 21.3 Å². The number of ether oxygens (including phenoxy) is 1. The molecule has 0 aliphatic rings. The van der Waals surface area contributed by atoms with Gasteiger partial charge in [-0.15, -0.1) is 22.7 Å². The minimum atomic E-state index is -0.563. The standard InChI is InChI=1S/C17H11N3O5S2/c21-14-8-10(18-17-20(14)5-7-26-17)9-25-16(23)12-3-4-13(27-12)19-15(22)11-2-1-6-24-11/h1-8H,9H2,(H,19,22). The number of nitrogens with zero attached hydrogens (tertiary/aromatic N) is 2. The minimum Gasteiger partial charge on any atom is -0.459 e. The highest BCUT2D eigenvalue weighted by atomic mass is 32.1. The van der Waals surface area contributed by atoms with Crippen molar-refractivity contribution in [2.75, 3.05) is 5.32 Å². The Balaban J connectivity index is 1.40. The summed E-state index contributed by atoms with van der Waals surface area (Å²) in [6.45, 7) is -0.117. The fraction of sp³-hybridized carbons (Fsp3) is 0.0588. The van der Waals surface area contributed by atoms with Gasteiger partial charge in [0.1, 0.15) is 11.5 Å². The van der Waals surface area contributed by atoms with Gasteiger partial charge in [0.2, 0.25) is 0 Å². The van der Waals surface area contributed by atoms with E-state index >= 15 is 0 Å². The van der Waals surface area contributed by atoms with E-state index in [4.69, 9.17) is 9.15 Å². The summed E-state index contributed by atoms with van der Waals surface area (Å²) in [5.41, 5.74) is 0.144. The Bertz CT molecular complexity index is 1170. The Morgan fingerprint density at radius 3 is 3.00 bits per heavy atom. The average Bonchev–Trinajstić information content (AvgIpc) is 3.40. The molecule has 0 saturated heterocycles. The highest BCUT2D eigenvalue weighted by Gasteiger charge is 2.15. The highest BCUT2D eigenvalue weighted by molar-refractivity contribution is 7.18. The number of nitrogens with one attached hydrogen (secondary N) is 1. The van der Waals surface area contributed by atoms with Crippen LogP contribution in [0, 0.1) is 0 Å². The predicted molar refractivity (Wildman–Crippen MR) is 99.4 cm³/mol. The molecule has 1 amide bonds. The molecule has 0 bridgehead atoms. The number of fused-ring (bicyclic) bond motifs is 1. The van der Waals surface area contributed by atoms with Gasteiger partial charge in [-0.05, 0) is 24.3 Å². The van der Waals surface area contributed by atoms with Gasteiger partial charge in [0, 0.05) is 17.6 Å². The average molecular weight is 401 g/mol. The number of carbonyl (C=O) groups excluding carboxylic acids is 2. The summed E-state index contributed by atoms with van der Waals surface area (Å²) in [7, 11) is 0. The summed E-state index contributed by atoms with van der Waals surface area (Å²) >= 11 is 2.40. The van der Waals surface area contributed by atoms with Crippen molar-refractivity contribution in [1.29, 1.82) is 0 Å². The lowest BCUT2D eigenvalue weighted by Crippen LogP contribution is -2.14. The molecule has 0 saturated carbocycles. The molecule has 136 valence electrons. The zero-order chi connectivity index (χ0) is 18.8. The maximum Gasteiger partial charge on any atom is 0.348 e. The quantitative estimate of drug-likeness (QED) is 0.516. The van der Waals surface area contributed by atoms with Gasteiger partial charge in [-0.1, -0.05) is 0 Å². The third kappa shape index (κ3) is 3.66. The first-order valence-corrected chi connectivity index (χ1v) is 9.37. The monoisotopic (exact) mass is 401 g/mol. The first-order valence-electron chi connectivity index (χ1n) is 7.68. The normalized spacial score (nSPS) is 10.8. The lowest BCUT2D eigenvalue weighted by Gasteiger charge is -2.03. The van der Waals surface area contributed by atoms with Crippen LogP contribution in [0.4, 0.5) is 5.00 Å². The van der Waals surface area contributed by atoms with Gasteiger partial charge in [0.25, 0.3) is 11.5 Å². The molecule has 4 aromatic heterocycles. The van der Waals surface area contributed by atoms with E-state index in [0.717, 1.165) is 11.3 Å². The minimum absolute atomic E-state index is 0.117. The number of furan rings is 1. The summed E-state index contributed by atoms with van der Waals surface area (Å²) in [6, 6.07) is 7.63. The summed E-state index contributed by atoms with van der Waals surface area (Å²) < 4.78 is 11.7. The van der Waals surface area contributed by atoms with Crippen LogP contribution < -0.4 is 10.9 Å². The third-order valence-corrected chi connectivity index (χ3v) is 5.23. The molecule has 0 fully saturated rings. The molecule has 4 heterocycles. The van der Waals surface area contributed by atoms with Crippen molar-refractivity contribution >= 4 is 44.5 Å². The van der Waals surface area contributed by atoms with Gasteiger partial charge in [-0.25, -0.2) is 9.78 Å². The van der Waals surface area contributed by atoms with E-state index in [0.29, 0.717) is 20.5 Å². The van der Waals surface area contributed by atoms with Crippen molar-refractivity contribution in [2.24, 2.45) is 0 Å². The second-order valence-electron chi connectivity index (χ2n) is 5.31. The first kappa shape index (κ1) is 17.2. The van der Waals surface area contributed by atoms with Gasteiger partial charge in [0.05, 0.1) is 17.0 Å². The van der Waals surface area contributed by atoms with Crippen LogP contribution >= 0.6 is 22.7 Å². The number of thiophene rings is 1. The number of amides is 1. The molecule has 27 heavy (non-hydrogen) atoms. The Labute approximate surface area is 159 Å². The fourth-order valence-corrected chi connectivity index (χ4v) is 3.80. The Hall–Kier alpha value is -3.24. The lowest BCUT2D eigenvalue weighted by molar-refractivity contribution is 0.0473. The van der Waals surface area contributed by atoms with Crippen molar-refractivity contribution in [3.05, 3.63) is 74.9 Å². The van der Waals surface area contributed by atoms with Crippen molar-refractivity contribution in [3.63, 3.8) is 0 Å². The molecule has 0 spiro atoms. The lowest BCUT2D eigenvalue weighted by atomic mass is 10.4. The molecule has 4 aromatic rings. The molecule has 0 atom stereocenters. The van der Waals surface area contributed by atoms with Crippen LogP contribution in [0.15, 0.2) is 57.4 Å². The van der Waals surface area contributed by atoms with E-state index < -0.39 is 11.9 Å². The molecule has 0 aliphatic heterocycles. The van der Waals surface area contributed by atoms with Gasteiger partial charge in [0.15, 0.2) is 10.7 Å². The highest BCUT2D eigenvalue weighted by Crippen LogP contribution is 2.23. The molecule has 8 nitrogen and oxygen atoms in total. The van der Waals surface area contributed by atoms with Gasteiger partial charge < -0.3 is 14.5 Å². The Morgan fingerprint density at radius 1 is 1.30 bits per heavy atom. The Morgan fingerprint density at radius 2 is 2.19 bits per heavy atom. The molecule has 0 radical (unpaired) electrons. The van der Waals surface area contributed by atoms with Crippen LogP contribution in [0.1, 0.15) is 25.9 Å². The van der Waals surface area contributed by atoms with E-state index in [-0.39, 0.29) is 17.9 Å². The number of carbonyl (C=O) groups is 2. The van der Waals surface area contributed by atoms with E-state index in [9.17, 15) is 14.4 Å². The largest absolute Gasteiger partial charge is 0.459 e. The molecular formula is C17H11N3O5S2. The number of anilines is 1. The summed E-state index contributed by atoms with van der Waals surface area (Å²) in [4.78, 5) is 41.2. The maximum absolute atomic E-state index is 12.2.